The Kier molecular flexibility index (Phi) is 4.58. The fourth-order valence-corrected chi connectivity index (χ4v) is 11.9. The fraction of sp³-hybridized carbons (Fsp3) is 0.121. The first-order chi connectivity index (χ1) is 17.9. The van der Waals surface area contributed by atoms with Gasteiger partial charge in [-0.2, -0.15) is 0 Å². The topological polar surface area (TPSA) is 36.4 Å². The van der Waals surface area contributed by atoms with Crippen LogP contribution in [-0.2, 0) is 5.41 Å². The Hall–Kier alpha value is -4.15. The Morgan fingerprint density at radius 3 is 2.27 bits per heavy atom. The van der Waals surface area contributed by atoms with Crippen LogP contribution in [0.25, 0.3) is 11.1 Å². The van der Waals surface area contributed by atoms with Crippen molar-refractivity contribution in [2.45, 2.75) is 26.2 Å². The van der Waals surface area contributed by atoms with E-state index in [1.165, 1.54) is 37.4 Å². The average molecular weight is 497 g/mol. The molecular formula is C33H28N2OSi. The van der Waals surface area contributed by atoms with Crippen LogP contribution in [0.1, 0.15) is 26.3 Å². The standard InChI is InChI=1S/C33H28N2OSi/c1-33(2,3)22-18-19-34-31(20-22)35-27-14-9-13-26-25-12-7-8-15-29(25)37(32(26)27,24-10-5-4-6-11-24)30-17-16-23(36)21-28(30)35/h4-21,36H,1-3H3. The summed E-state index contributed by atoms with van der Waals surface area (Å²) in [4.78, 5) is 7.15. The van der Waals surface area contributed by atoms with Crippen LogP contribution in [-0.4, -0.2) is 18.2 Å². The molecule has 1 unspecified atom stereocenters. The lowest BCUT2D eigenvalue weighted by Gasteiger charge is -2.43. The number of aromatic hydroxyl groups is 1. The van der Waals surface area contributed by atoms with Crippen LogP contribution in [0.4, 0.5) is 17.2 Å². The summed E-state index contributed by atoms with van der Waals surface area (Å²) in [7, 11) is -2.63. The lowest BCUT2D eigenvalue weighted by Crippen LogP contribution is -2.75. The fourth-order valence-electron chi connectivity index (χ4n) is 6.35. The van der Waals surface area contributed by atoms with Gasteiger partial charge in [-0.05, 0) is 67.1 Å². The average Bonchev–Trinajstić information content (AvgIpc) is 3.22. The number of aromatic nitrogens is 1. The molecular weight excluding hydrogens is 468 g/mol. The molecule has 2 aliphatic rings. The summed E-state index contributed by atoms with van der Waals surface area (Å²) in [6.07, 6.45) is 1.91. The Morgan fingerprint density at radius 2 is 1.46 bits per heavy atom. The second kappa shape index (κ2) is 7.67. The van der Waals surface area contributed by atoms with Crippen molar-refractivity contribution < 1.29 is 5.11 Å². The predicted octanol–water partition coefficient (Wildman–Crippen LogP) is 5.23. The summed E-state index contributed by atoms with van der Waals surface area (Å²) in [5.74, 6) is 1.14. The zero-order chi connectivity index (χ0) is 25.4. The summed E-state index contributed by atoms with van der Waals surface area (Å²) < 4.78 is 0. The van der Waals surface area contributed by atoms with Crippen LogP contribution in [0.15, 0.2) is 109 Å². The number of anilines is 3. The second-order valence-electron chi connectivity index (χ2n) is 11.1. The lowest BCUT2D eigenvalue weighted by atomic mass is 9.87. The summed E-state index contributed by atoms with van der Waals surface area (Å²) in [6.45, 7) is 6.69. The number of nitrogens with zero attached hydrogens (tertiary/aromatic N) is 2. The molecule has 0 bridgehead atoms. The molecule has 1 aromatic heterocycles. The number of pyridine rings is 1. The molecule has 0 aliphatic carbocycles. The molecule has 180 valence electrons. The molecule has 4 aromatic carbocycles. The first-order valence-electron chi connectivity index (χ1n) is 12.8. The Bertz CT molecular complexity index is 1690. The highest BCUT2D eigenvalue weighted by Gasteiger charge is 2.54. The number of phenolic OH excluding ortho intramolecular Hbond substituents is 1. The number of hydrogen-bond donors (Lipinski definition) is 1. The quantitative estimate of drug-likeness (QED) is 0.333. The number of hydrogen-bond acceptors (Lipinski definition) is 3. The molecule has 3 heterocycles. The number of rotatable bonds is 2. The van der Waals surface area contributed by atoms with E-state index in [0.29, 0.717) is 0 Å². The van der Waals surface area contributed by atoms with E-state index in [1.807, 2.05) is 18.3 Å². The molecule has 7 rings (SSSR count). The molecule has 2 aliphatic heterocycles. The zero-order valence-corrected chi connectivity index (χ0v) is 22.2. The number of fused-ring (bicyclic) bond motifs is 5. The van der Waals surface area contributed by atoms with Gasteiger partial charge in [-0.25, -0.2) is 4.98 Å². The van der Waals surface area contributed by atoms with Gasteiger partial charge in [0.15, 0.2) is 8.07 Å². The summed E-state index contributed by atoms with van der Waals surface area (Å²) in [5, 5.41) is 16.2. The van der Waals surface area contributed by atoms with Gasteiger partial charge in [-0.15, -0.1) is 0 Å². The van der Waals surface area contributed by atoms with Crippen molar-refractivity contribution in [3.63, 3.8) is 0 Å². The summed E-state index contributed by atoms with van der Waals surface area (Å²) in [5.41, 5.74) is 6.00. The Morgan fingerprint density at radius 1 is 0.703 bits per heavy atom. The molecule has 0 saturated carbocycles. The van der Waals surface area contributed by atoms with Crippen LogP contribution in [0.3, 0.4) is 0 Å². The molecule has 1 atom stereocenters. The third-order valence-electron chi connectivity index (χ3n) is 7.95. The monoisotopic (exact) mass is 496 g/mol. The molecule has 3 nitrogen and oxygen atoms in total. The van der Waals surface area contributed by atoms with Gasteiger partial charge in [0.2, 0.25) is 0 Å². The third kappa shape index (κ3) is 2.96. The van der Waals surface area contributed by atoms with Gasteiger partial charge in [0.05, 0.1) is 5.69 Å². The molecule has 37 heavy (non-hydrogen) atoms. The lowest BCUT2D eigenvalue weighted by molar-refractivity contribution is 0.475. The second-order valence-corrected chi connectivity index (χ2v) is 14.7. The minimum Gasteiger partial charge on any atom is -0.508 e. The normalized spacial score (nSPS) is 17.2. The van der Waals surface area contributed by atoms with Gasteiger partial charge in [0.1, 0.15) is 11.6 Å². The molecule has 0 fully saturated rings. The minimum atomic E-state index is -2.63. The van der Waals surface area contributed by atoms with E-state index in [0.717, 1.165) is 17.2 Å². The highest BCUT2D eigenvalue weighted by molar-refractivity contribution is 7.23. The van der Waals surface area contributed by atoms with E-state index in [9.17, 15) is 5.11 Å². The van der Waals surface area contributed by atoms with Crippen molar-refractivity contribution >= 4 is 46.0 Å². The van der Waals surface area contributed by atoms with E-state index < -0.39 is 8.07 Å². The largest absolute Gasteiger partial charge is 0.508 e. The molecule has 1 N–H and O–H groups in total. The molecule has 0 spiro atoms. The molecule has 0 saturated heterocycles. The van der Waals surface area contributed by atoms with Crippen LogP contribution < -0.4 is 25.6 Å². The van der Waals surface area contributed by atoms with Gasteiger partial charge in [0.25, 0.3) is 0 Å². The van der Waals surface area contributed by atoms with E-state index in [2.05, 4.69) is 117 Å². The maximum Gasteiger partial charge on any atom is 0.185 e. The van der Waals surface area contributed by atoms with Crippen LogP contribution in [0.2, 0.25) is 0 Å². The van der Waals surface area contributed by atoms with Crippen LogP contribution in [0.5, 0.6) is 5.75 Å². The van der Waals surface area contributed by atoms with E-state index in [-0.39, 0.29) is 11.2 Å². The van der Waals surface area contributed by atoms with Crippen molar-refractivity contribution in [2.75, 3.05) is 4.90 Å². The third-order valence-corrected chi connectivity index (χ3v) is 12.9. The van der Waals surface area contributed by atoms with Gasteiger partial charge in [0, 0.05) is 18.0 Å². The van der Waals surface area contributed by atoms with E-state index in [4.69, 9.17) is 4.98 Å². The molecule has 0 amide bonds. The van der Waals surface area contributed by atoms with Crippen molar-refractivity contribution in [1.29, 1.82) is 0 Å². The SMILES string of the molecule is CC(C)(C)c1ccnc(N2c3cc(O)ccc3[Si]3(c4ccccc4)c4ccccc4-c4cccc2c43)c1. The van der Waals surface area contributed by atoms with E-state index >= 15 is 0 Å². The Labute approximate surface area is 218 Å². The van der Waals surface area contributed by atoms with Crippen molar-refractivity contribution in [3.05, 3.63) is 115 Å². The van der Waals surface area contributed by atoms with E-state index in [1.54, 1.807) is 0 Å². The van der Waals surface area contributed by atoms with Crippen molar-refractivity contribution in [1.82, 2.24) is 4.98 Å². The molecule has 5 aromatic rings. The van der Waals surface area contributed by atoms with Crippen LogP contribution in [0, 0.1) is 0 Å². The van der Waals surface area contributed by atoms with Crippen molar-refractivity contribution in [3.8, 4) is 16.9 Å². The number of phenols is 1. The van der Waals surface area contributed by atoms with Gasteiger partial charge >= 0.3 is 0 Å². The minimum absolute atomic E-state index is 0.00739. The number of benzene rings is 4. The maximum atomic E-state index is 10.8. The first-order valence-corrected chi connectivity index (χ1v) is 14.8. The van der Waals surface area contributed by atoms with Gasteiger partial charge in [-0.3, -0.25) is 4.90 Å². The van der Waals surface area contributed by atoms with Crippen molar-refractivity contribution in [2.24, 2.45) is 0 Å². The molecule has 0 radical (unpaired) electrons. The van der Waals surface area contributed by atoms with Crippen LogP contribution >= 0.6 is 0 Å². The summed E-state index contributed by atoms with van der Waals surface area (Å²) >= 11 is 0. The summed E-state index contributed by atoms with van der Waals surface area (Å²) in [6, 6.07) is 36.8. The van der Waals surface area contributed by atoms with Gasteiger partial charge in [-0.1, -0.05) is 93.6 Å². The zero-order valence-electron chi connectivity index (χ0n) is 21.2. The Balaban J connectivity index is 1.64. The first kappa shape index (κ1) is 22.1. The van der Waals surface area contributed by atoms with Gasteiger partial charge < -0.3 is 5.11 Å². The smallest absolute Gasteiger partial charge is 0.185 e. The predicted molar refractivity (Wildman–Crippen MR) is 155 cm³/mol. The maximum absolute atomic E-state index is 10.8. The molecule has 4 heteroatoms. The highest BCUT2D eigenvalue weighted by atomic mass is 28.3. The highest BCUT2D eigenvalue weighted by Crippen LogP contribution is 2.44.